The van der Waals surface area contributed by atoms with E-state index < -0.39 is 5.41 Å². The summed E-state index contributed by atoms with van der Waals surface area (Å²) in [5.41, 5.74) is 1.81. The third-order valence-corrected chi connectivity index (χ3v) is 6.19. The summed E-state index contributed by atoms with van der Waals surface area (Å²) in [7, 11) is 0. The van der Waals surface area contributed by atoms with E-state index in [-0.39, 0.29) is 11.2 Å². The second-order valence-electron chi connectivity index (χ2n) is 7.36. The van der Waals surface area contributed by atoms with Gasteiger partial charge >= 0.3 is 0 Å². The van der Waals surface area contributed by atoms with Crippen molar-refractivity contribution < 1.29 is 9.59 Å². The van der Waals surface area contributed by atoms with Crippen LogP contribution < -0.4 is 0 Å². The zero-order valence-corrected chi connectivity index (χ0v) is 13.2. The predicted molar refractivity (Wildman–Crippen MR) is 83.9 cm³/mol. The normalized spacial score (nSPS) is 29.4. The minimum atomic E-state index is -0.479. The maximum absolute atomic E-state index is 12.7. The summed E-state index contributed by atoms with van der Waals surface area (Å²) in [5, 5.41) is 0. The Morgan fingerprint density at radius 2 is 2.14 bits per heavy atom. The SMILES string of the molecule is CC(=O)c1ccc2nc(C34CCC(CC3=O)C4(C)C)[nH]c2c1. The lowest BCUT2D eigenvalue weighted by atomic mass is 9.68. The average Bonchev–Trinajstić information content (AvgIpc) is 3.04. The molecule has 1 N–H and O–H groups in total. The third kappa shape index (κ3) is 1.45. The highest BCUT2D eigenvalue weighted by molar-refractivity contribution is 5.98. The number of imidazole rings is 1. The molecule has 2 bridgehead atoms. The van der Waals surface area contributed by atoms with Crippen LogP contribution in [0, 0.1) is 11.3 Å². The van der Waals surface area contributed by atoms with Crippen LogP contribution in [-0.2, 0) is 10.2 Å². The fraction of sp³-hybridized carbons (Fsp3) is 0.500. The van der Waals surface area contributed by atoms with Gasteiger partial charge in [-0.3, -0.25) is 9.59 Å². The van der Waals surface area contributed by atoms with Crippen molar-refractivity contribution in [3.8, 4) is 0 Å². The first-order valence-electron chi connectivity index (χ1n) is 7.91. The van der Waals surface area contributed by atoms with E-state index in [1.54, 1.807) is 13.0 Å². The van der Waals surface area contributed by atoms with Crippen molar-refractivity contribution in [3.05, 3.63) is 29.6 Å². The van der Waals surface area contributed by atoms with Crippen LogP contribution >= 0.6 is 0 Å². The van der Waals surface area contributed by atoms with Gasteiger partial charge in [-0.1, -0.05) is 13.8 Å². The highest BCUT2D eigenvalue weighted by atomic mass is 16.1. The topological polar surface area (TPSA) is 62.8 Å². The van der Waals surface area contributed by atoms with Gasteiger partial charge in [-0.2, -0.15) is 0 Å². The molecule has 2 aromatic rings. The number of hydrogen-bond donors (Lipinski definition) is 1. The fourth-order valence-electron chi connectivity index (χ4n) is 4.66. The van der Waals surface area contributed by atoms with Gasteiger partial charge in [0, 0.05) is 12.0 Å². The molecule has 0 saturated heterocycles. The molecule has 2 aliphatic carbocycles. The van der Waals surface area contributed by atoms with E-state index in [1.165, 1.54) is 0 Å². The van der Waals surface area contributed by atoms with Crippen LogP contribution in [0.4, 0.5) is 0 Å². The van der Waals surface area contributed by atoms with Crippen molar-refractivity contribution in [2.45, 2.75) is 45.4 Å². The number of rotatable bonds is 2. The summed E-state index contributed by atoms with van der Waals surface area (Å²) in [4.78, 5) is 32.3. The number of H-pyrrole nitrogens is 1. The van der Waals surface area contributed by atoms with Gasteiger partial charge in [0.05, 0.1) is 16.4 Å². The number of aromatic nitrogens is 2. The maximum atomic E-state index is 12.7. The molecule has 0 amide bonds. The molecule has 2 atom stereocenters. The Hall–Kier alpha value is -1.97. The van der Waals surface area contributed by atoms with Crippen LogP contribution in [0.3, 0.4) is 0 Å². The lowest BCUT2D eigenvalue weighted by molar-refractivity contribution is -0.124. The third-order valence-electron chi connectivity index (χ3n) is 6.19. The zero-order valence-electron chi connectivity index (χ0n) is 13.2. The number of ketones is 2. The van der Waals surface area contributed by atoms with Crippen LogP contribution in [0.1, 0.15) is 56.2 Å². The molecular weight excluding hydrogens is 276 g/mol. The number of fused-ring (bicyclic) bond motifs is 3. The van der Waals surface area contributed by atoms with E-state index in [2.05, 4.69) is 18.8 Å². The van der Waals surface area contributed by atoms with Crippen LogP contribution in [-0.4, -0.2) is 21.5 Å². The first kappa shape index (κ1) is 13.7. The Bertz CT molecular complexity index is 818. The van der Waals surface area contributed by atoms with Crippen molar-refractivity contribution in [2.75, 3.05) is 0 Å². The van der Waals surface area contributed by atoms with E-state index in [1.807, 2.05) is 12.1 Å². The van der Waals surface area contributed by atoms with Crippen LogP contribution in [0.5, 0.6) is 0 Å². The quantitative estimate of drug-likeness (QED) is 0.864. The number of hydrogen-bond acceptors (Lipinski definition) is 3. The highest BCUT2D eigenvalue weighted by Gasteiger charge is 2.66. The molecule has 0 radical (unpaired) electrons. The lowest BCUT2D eigenvalue weighted by Gasteiger charge is -2.34. The standard InChI is InChI=1S/C18H20N2O2/c1-10(21)11-4-5-13-14(8-11)20-16(19-13)18-7-6-12(9-15(18)22)17(18,2)3/h4-5,8,12H,6-7,9H2,1-3H3,(H,19,20). The summed E-state index contributed by atoms with van der Waals surface area (Å²) in [6.45, 7) is 5.95. The largest absolute Gasteiger partial charge is 0.341 e. The molecule has 4 nitrogen and oxygen atoms in total. The Morgan fingerprint density at radius 3 is 2.73 bits per heavy atom. The molecule has 4 rings (SSSR count). The van der Waals surface area contributed by atoms with Crippen molar-refractivity contribution in [1.29, 1.82) is 0 Å². The summed E-state index contributed by atoms with van der Waals surface area (Å²) in [5.74, 6) is 1.60. The van der Waals surface area contributed by atoms with Crippen LogP contribution in [0.2, 0.25) is 0 Å². The van der Waals surface area contributed by atoms with E-state index >= 15 is 0 Å². The molecule has 1 heterocycles. The zero-order chi connectivity index (χ0) is 15.7. The minimum absolute atomic E-state index is 0.0365. The monoisotopic (exact) mass is 296 g/mol. The van der Waals surface area contributed by atoms with Crippen LogP contribution in [0.25, 0.3) is 11.0 Å². The van der Waals surface area contributed by atoms with Gasteiger partial charge in [0.25, 0.3) is 0 Å². The molecule has 2 fully saturated rings. The average molecular weight is 296 g/mol. The second kappa shape index (κ2) is 4.06. The number of carbonyl (C=O) groups excluding carboxylic acids is 2. The molecule has 2 aliphatic rings. The first-order chi connectivity index (χ1) is 10.4. The van der Waals surface area contributed by atoms with Gasteiger partial charge in [-0.15, -0.1) is 0 Å². The molecule has 1 aromatic carbocycles. The maximum Gasteiger partial charge on any atom is 0.159 e. The fourth-order valence-corrected chi connectivity index (χ4v) is 4.66. The van der Waals surface area contributed by atoms with E-state index in [0.717, 1.165) is 29.7 Å². The first-order valence-corrected chi connectivity index (χ1v) is 7.91. The van der Waals surface area contributed by atoms with Crippen molar-refractivity contribution in [2.24, 2.45) is 11.3 Å². The Kier molecular flexibility index (Phi) is 2.52. The molecular formula is C18H20N2O2. The molecule has 22 heavy (non-hydrogen) atoms. The smallest absolute Gasteiger partial charge is 0.159 e. The molecule has 114 valence electrons. The molecule has 2 unspecified atom stereocenters. The summed E-state index contributed by atoms with van der Waals surface area (Å²) >= 11 is 0. The van der Waals surface area contributed by atoms with Gasteiger partial charge in [-0.05, 0) is 49.3 Å². The lowest BCUT2D eigenvalue weighted by Crippen LogP contribution is -2.41. The highest BCUT2D eigenvalue weighted by Crippen LogP contribution is 2.64. The summed E-state index contributed by atoms with van der Waals surface area (Å²) in [6.07, 6.45) is 2.64. The number of nitrogens with zero attached hydrogens (tertiary/aromatic N) is 1. The van der Waals surface area contributed by atoms with E-state index in [4.69, 9.17) is 4.98 Å². The Labute approximate surface area is 129 Å². The molecule has 1 aromatic heterocycles. The van der Waals surface area contributed by atoms with Gasteiger partial charge in [0.2, 0.25) is 0 Å². The van der Waals surface area contributed by atoms with E-state index in [0.29, 0.717) is 23.7 Å². The van der Waals surface area contributed by atoms with Crippen molar-refractivity contribution >= 4 is 22.6 Å². The number of aromatic amines is 1. The summed E-state index contributed by atoms with van der Waals surface area (Å²) in [6, 6.07) is 5.50. The Balaban J connectivity index is 1.91. The van der Waals surface area contributed by atoms with Gasteiger partial charge in [-0.25, -0.2) is 4.98 Å². The van der Waals surface area contributed by atoms with Crippen molar-refractivity contribution in [1.82, 2.24) is 9.97 Å². The number of carbonyl (C=O) groups is 2. The Morgan fingerprint density at radius 1 is 1.36 bits per heavy atom. The minimum Gasteiger partial charge on any atom is -0.341 e. The number of nitrogens with one attached hydrogen (secondary N) is 1. The van der Waals surface area contributed by atoms with Gasteiger partial charge < -0.3 is 4.98 Å². The predicted octanol–water partition coefficient (Wildman–Crippen LogP) is 3.41. The van der Waals surface area contributed by atoms with Gasteiger partial charge in [0.15, 0.2) is 5.78 Å². The molecule has 0 aliphatic heterocycles. The number of benzene rings is 1. The van der Waals surface area contributed by atoms with Gasteiger partial charge in [0.1, 0.15) is 11.6 Å². The second-order valence-corrected chi connectivity index (χ2v) is 7.36. The van der Waals surface area contributed by atoms with E-state index in [9.17, 15) is 9.59 Å². The van der Waals surface area contributed by atoms with Crippen LogP contribution in [0.15, 0.2) is 18.2 Å². The molecule has 2 saturated carbocycles. The van der Waals surface area contributed by atoms with Crippen molar-refractivity contribution in [3.63, 3.8) is 0 Å². The summed E-state index contributed by atoms with van der Waals surface area (Å²) < 4.78 is 0. The molecule has 4 heteroatoms. The number of Topliss-reactive ketones (excluding diaryl/α,β-unsaturated/α-hetero) is 2. The molecule has 0 spiro atoms.